The Morgan fingerprint density at radius 2 is 1.92 bits per heavy atom. The summed E-state index contributed by atoms with van der Waals surface area (Å²) < 4.78 is 39.2. The molecule has 0 spiro atoms. The molecular weight excluding hydrogens is 512 g/mol. The van der Waals surface area contributed by atoms with Gasteiger partial charge in [0.1, 0.15) is 0 Å². The van der Waals surface area contributed by atoms with Crippen LogP contribution in [0.3, 0.4) is 0 Å². The number of imidazole rings is 1. The van der Waals surface area contributed by atoms with Crippen molar-refractivity contribution in [3.8, 4) is 0 Å². The number of ether oxygens (including phenoxy) is 2. The maximum absolute atomic E-state index is 13.4. The molecule has 3 aromatic rings. The van der Waals surface area contributed by atoms with Crippen LogP contribution in [0.2, 0.25) is 0 Å². The van der Waals surface area contributed by atoms with Crippen molar-refractivity contribution in [2.75, 3.05) is 53.1 Å². The second-order valence-corrected chi connectivity index (χ2v) is 11.9. The molecule has 2 aromatic heterocycles. The van der Waals surface area contributed by atoms with Gasteiger partial charge in [-0.1, -0.05) is 35.9 Å². The molecule has 0 N–H and O–H groups in total. The van der Waals surface area contributed by atoms with Crippen molar-refractivity contribution in [1.82, 2.24) is 19.4 Å². The number of thiophene rings is 1. The van der Waals surface area contributed by atoms with Crippen LogP contribution in [0, 0.1) is 6.92 Å². The fraction of sp³-hybridized carbons (Fsp3) is 0.462. The van der Waals surface area contributed by atoms with Crippen LogP contribution in [-0.2, 0) is 38.2 Å². The summed E-state index contributed by atoms with van der Waals surface area (Å²) >= 11 is 1.40. The van der Waals surface area contributed by atoms with Gasteiger partial charge in [-0.15, -0.1) is 11.3 Å². The summed E-state index contributed by atoms with van der Waals surface area (Å²) in [5.41, 5.74) is 2.43. The number of amides is 1. The molecule has 1 aliphatic rings. The monoisotopic (exact) mass is 546 g/mol. The zero-order chi connectivity index (χ0) is 26.3. The molecule has 1 aliphatic heterocycles. The summed E-state index contributed by atoms with van der Waals surface area (Å²) in [5.74, 6) is -0.224. The molecule has 3 heterocycles. The van der Waals surface area contributed by atoms with E-state index in [1.165, 1.54) is 11.3 Å². The lowest BCUT2D eigenvalue weighted by atomic mass is 10.2. The number of carbonyl (C=O) groups excluding carboxylic acids is 1. The highest BCUT2D eigenvalue weighted by Gasteiger charge is 2.26. The molecule has 37 heavy (non-hydrogen) atoms. The molecule has 0 bridgehead atoms. The van der Waals surface area contributed by atoms with Crippen molar-refractivity contribution < 1.29 is 22.7 Å². The van der Waals surface area contributed by atoms with Crippen LogP contribution >= 0.6 is 11.3 Å². The molecule has 4 rings (SSSR count). The molecular formula is C26H34N4O5S2. The second kappa shape index (κ2) is 12.8. The zero-order valence-corrected chi connectivity index (χ0v) is 23.0. The van der Waals surface area contributed by atoms with Gasteiger partial charge in [-0.3, -0.25) is 9.69 Å². The SMILES string of the molecule is COCCn1c(CN(CCN2CCOCC2)C(=O)c2cccs2)cnc1S(=O)(=O)Cc1ccc(C)cc1. The van der Waals surface area contributed by atoms with Crippen molar-refractivity contribution in [2.45, 2.75) is 30.9 Å². The predicted octanol–water partition coefficient (Wildman–Crippen LogP) is 2.85. The molecule has 1 saturated heterocycles. The van der Waals surface area contributed by atoms with E-state index in [0.29, 0.717) is 55.6 Å². The maximum atomic E-state index is 13.4. The Morgan fingerprint density at radius 1 is 1.16 bits per heavy atom. The molecule has 0 aliphatic carbocycles. The molecule has 0 saturated carbocycles. The number of sulfone groups is 1. The molecule has 1 aromatic carbocycles. The first-order chi connectivity index (χ1) is 17.9. The highest BCUT2D eigenvalue weighted by Crippen LogP contribution is 2.21. The number of rotatable bonds is 12. The lowest BCUT2D eigenvalue weighted by molar-refractivity contribution is 0.0319. The first-order valence-corrected chi connectivity index (χ1v) is 14.8. The molecule has 1 fully saturated rings. The van der Waals surface area contributed by atoms with E-state index in [1.807, 2.05) is 48.7 Å². The Morgan fingerprint density at radius 3 is 2.59 bits per heavy atom. The summed E-state index contributed by atoms with van der Waals surface area (Å²) in [6.45, 7) is 7.10. The third-order valence-corrected chi connectivity index (χ3v) is 8.79. The predicted molar refractivity (Wildman–Crippen MR) is 142 cm³/mol. The van der Waals surface area contributed by atoms with Crippen LogP contribution in [-0.4, -0.2) is 86.8 Å². The number of methoxy groups -OCH3 is 1. The largest absolute Gasteiger partial charge is 0.383 e. The van der Waals surface area contributed by atoms with Crippen LogP contribution in [0.15, 0.2) is 53.1 Å². The summed E-state index contributed by atoms with van der Waals surface area (Å²) in [7, 11) is -2.15. The first kappa shape index (κ1) is 27.5. The van der Waals surface area contributed by atoms with Crippen molar-refractivity contribution >= 4 is 27.1 Å². The average Bonchev–Trinajstić information content (AvgIpc) is 3.57. The average molecular weight is 547 g/mol. The van der Waals surface area contributed by atoms with E-state index in [1.54, 1.807) is 22.8 Å². The van der Waals surface area contributed by atoms with Gasteiger partial charge in [0.05, 0.1) is 48.9 Å². The van der Waals surface area contributed by atoms with Crippen LogP contribution in [0.25, 0.3) is 0 Å². The van der Waals surface area contributed by atoms with E-state index < -0.39 is 9.84 Å². The van der Waals surface area contributed by atoms with E-state index in [0.717, 1.165) is 18.7 Å². The fourth-order valence-electron chi connectivity index (χ4n) is 4.25. The van der Waals surface area contributed by atoms with Gasteiger partial charge in [-0.2, -0.15) is 0 Å². The van der Waals surface area contributed by atoms with Crippen LogP contribution in [0.5, 0.6) is 0 Å². The fourth-order valence-corrected chi connectivity index (χ4v) is 6.46. The van der Waals surface area contributed by atoms with E-state index >= 15 is 0 Å². The lowest BCUT2D eigenvalue weighted by Gasteiger charge is -2.30. The zero-order valence-electron chi connectivity index (χ0n) is 21.3. The standard InChI is InChI=1S/C26H34N4O5S2/c1-21-5-7-22(8-6-21)20-37(32,33)26-27-18-23(30(26)13-14-34-2)19-29(25(31)24-4-3-17-36-24)10-9-28-11-15-35-16-12-28/h3-8,17-18H,9-16,19-20H2,1-2H3. The van der Waals surface area contributed by atoms with Gasteiger partial charge in [-0.25, -0.2) is 13.4 Å². The molecule has 1 amide bonds. The third-order valence-electron chi connectivity index (χ3n) is 6.34. The Bertz CT molecular complexity index is 1250. The van der Waals surface area contributed by atoms with Gasteiger partial charge in [0.2, 0.25) is 15.0 Å². The van der Waals surface area contributed by atoms with Crippen molar-refractivity contribution in [2.24, 2.45) is 0 Å². The van der Waals surface area contributed by atoms with Gasteiger partial charge in [0.15, 0.2) is 0 Å². The smallest absolute Gasteiger partial charge is 0.264 e. The molecule has 11 heteroatoms. The number of hydrogen-bond acceptors (Lipinski definition) is 8. The number of carbonyl (C=O) groups is 1. The Labute approximate surface area is 222 Å². The van der Waals surface area contributed by atoms with Gasteiger partial charge < -0.3 is 18.9 Å². The number of aryl methyl sites for hydroxylation is 1. The number of hydrogen-bond donors (Lipinski definition) is 0. The summed E-state index contributed by atoms with van der Waals surface area (Å²) in [5, 5.41) is 1.88. The summed E-state index contributed by atoms with van der Waals surface area (Å²) in [6, 6.07) is 11.1. The Balaban J connectivity index is 1.59. The number of aromatic nitrogens is 2. The normalized spacial score (nSPS) is 14.6. The lowest BCUT2D eigenvalue weighted by Crippen LogP contribution is -2.43. The molecule has 0 radical (unpaired) electrons. The second-order valence-electron chi connectivity index (χ2n) is 9.08. The van der Waals surface area contributed by atoms with Crippen molar-refractivity contribution in [1.29, 1.82) is 0 Å². The van der Waals surface area contributed by atoms with E-state index in [2.05, 4.69) is 9.88 Å². The van der Waals surface area contributed by atoms with Crippen molar-refractivity contribution in [3.63, 3.8) is 0 Å². The highest BCUT2D eigenvalue weighted by atomic mass is 32.2. The van der Waals surface area contributed by atoms with Crippen LogP contribution in [0.1, 0.15) is 26.5 Å². The van der Waals surface area contributed by atoms with E-state index in [4.69, 9.17) is 9.47 Å². The van der Waals surface area contributed by atoms with Gasteiger partial charge in [0.25, 0.3) is 5.91 Å². The summed E-state index contributed by atoms with van der Waals surface area (Å²) in [4.78, 5) is 22.4. The maximum Gasteiger partial charge on any atom is 0.264 e. The number of morpholine rings is 1. The first-order valence-electron chi connectivity index (χ1n) is 12.3. The minimum atomic E-state index is -3.72. The Kier molecular flexibility index (Phi) is 9.49. The molecule has 0 unspecified atom stereocenters. The quantitative estimate of drug-likeness (QED) is 0.345. The number of benzene rings is 1. The topological polar surface area (TPSA) is 94.0 Å². The Hall–Kier alpha value is -2.57. The molecule has 9 nitrogen and oxygen atoms in total. The molecule has 200 valence electrons. The van der Waals surface area contributed by atoms with Crippen molar-refractivity contribution in [3.05, 3.63) is 69.7 Å². The number of nitrogens with zero attached hydrogens (tertiary/aromatic N) is 4. The minimum absolute atomic E-state index is 0.00294. The van der Waals surface area contributed by atoms with E-state index in [9.17, 15) is 13.2 Å². The van der Waals surface area contributed by atoms with Gasteiger partial charge >= 0.3 is 0 Å². The van der Waals surface area contributed by atoms with Crippen LogP contribution in [0.4, 0.5) is 0 Å². The van der Waals surface area contributed by atoms with E-state index in [-0.39, 0.29) is 23.4 Å². The van der Waals surface area contributed by atoms with Crippen LogP contribution < -0.4 is 0 Å². The van der Waals surface area contributed by atoms with Gasteiger partial charge in [-0.05, 0) is 23.9 Å². The van der Waals surface area contributed by atoms with Gasteiger partial charge in [0, 0.05) is 39.8 Å². The third kappa shape index (κ3) is 7.26. The molecule has 0 atom stereocenters. The highest BCUT2D eigenvalue weighted by molar-refractivity contribution is 7.90. The summed E-state index contributed by atoms with van der Waals surface area (Å²) in [6.07, 6.45) is 1.57. The minimum Gasteiger partial charge on any atom is -0.383 e.